The summed E-state index contributed by atoms with van der Waals surface area (Å²) in [6.07, 6.45) is 2.42. The quantitative estimate of drug-likeness (QED) is 0.172. The number of aliphatic hydroxyl groups excluding tert-OH is 3. The molecule has 11 heteroatoms. The maximum atomic E-state index is 13.1. The van der Waals surface area contributed by atoms with Crippen molar-refractivity contribution in [3.8, 4) is 0 Å². The Bertz CT molecular complexity index is 644. The number of unbranched alkanes of at least 4 members (excludes halogenated alkanes) is 1. The Hall–Kier alpha value is -0.620. The minimum atomic E-state index is -1.40. The van der Waals surface area contributed by atoms with E-state index in [4.69, 9.17) is 16.3 Å². The molecule has 2 fully saturated rings. The summed E-state index contributed by atoms with van der Waals surface area (Å²) in [5, 5.41) is 39.4. The van der Waals surface area contributed by atoms with Gasteiger partial charge in [-0.05, 0) is 57.7 Å². The molecule has 198 valence electrons. The Kier molecular flexibility index (Phi) is 12.9. The third-order valence-corrected chi connectivity index (χ3v) is 7.88. The van der Waals surface area contributed by atoms with E-state index in [1.807, 2.05) is 0 Å². The van der Waals surface area contributed by atoms with Crippen molar-refractivity contribution in [2.45, 2.75) is 106 Å². The molecule has 2 aliphatic rings. The molecule has 0 spiro atoms. The van der Waals surface area contributed by atoms with Crippen LogP contribution in [-0.4, -0.2) is 93.8 Å². The van der Waals surface area contributed by atoms with Gasteiger partial charge in [0.15, 0.2) is 0 Å². The Morgan fingerprint density at radius 1 is 1.18 bits per heavy atom. The van der Waals surface area contributed by atoms with Crippen LogP contribution >= 0.6 is 23.4 Å². The van der Waals surface area contributed by atoms with E-state index in [-0.39, 0.29) is 11.8 Å². The fourth-order valence-electron chi connectivity index (χ4n) is 4.54. The van der Waals surface area contributed by atoms with Gasteiger partial charge in [0.1, 0.15) is 29.9 Å². The van der Waals surface area contributed by atoms with Gasteiger partial charge in [-0.1, -0.05) is 13.3 Å². The van der Waals surface area contributed by atoms with Crippen LogP contribution in [0, 0.1) is 5.92 Å². The first-order chi connectivity index (χ1) is 16.2. The van der Waals surface area contributed by atoms with Crippen molar-refractivity contribution in [2.24, 2.45) is 5.92 Å². The number of amides is 2. The molecule has 0 aliphatic carbocycles. The average molecular weight is 524 g/mol. The number of ether oxygens (including phenoxy) is 1. The van der Waals surface area contributed by atoms with Crippen LogP contribution in [0.2, 0.25) is 0 Å². The van der Waals surface area contributed by atoms with Crippen LogP contribution < -0.4 is 16.0 Å². The summed E-state index contributed by atoms with van der Waals surface area (Å²) in [7, 11) is 0. The number of carbonyl (C=O) groups is 2. The number of hydrogen-bond donors (Lipinski definition) is 6. The van der Waals surface area contributed by atoms with E-state index >= 15 is 0 Å². The van der Waals surface area contributed by atoms with E-state index < -0.39 is 47.3 Å². The van der Waals surface area contributed by atoms with Crippen LogP contribution in [0.5, 0.6) is 0 Å². The summed E-state index contributed by atoms with van der Waals surface area (Å²) in [6, 6.07) is -1.18. The standard InChI is InChI=1S/C23H42ClN3O6S/c1-4-5-11-26-16(28)9-7-14-6-8-15(25-12-10-14)22(32)27-17(13(2)24)21-19(30)18(29)20(31)23(33-21)34-3/h13-15,17-21,23,25,29-31H,4-12H2,1-3H3,(H,26,28)(H,27,32)/t13-,14+,15-,17+,18?,19?,20+,21+,23?/m0/s1. The summed E-state index contributed by atoms with van der Waals surface area (Å²) < 4.78 is 5.82. The summed E-state index contributed by atoms with van der Waals surface area (Å²) in [4.78, 5) is 25.1. The molecule has 34 heavy (non-hydrogen) atoms. The van der Waals surface area contributed by atoms with Gasteiger partial charge >= 0.3 is 0 Å². The monoisotopic (exact) mass is 523 g/mol. The number of nitrogens with one attached hydrogen (secondary N) is 3. The van der Waals surface area contributed by atoms with Crippen LogP contribution in [0.4, 0.5) is 0 Å². The maximum Gasteiger partial charge on any atom is 0.237 e. The molecule has 3 unspecified atom stereocenters. The fourth-order valence-corrected chi connectivity index (χ4v) is 5.43. The smallest absolute Gasteiger partial charge is 0.237 e. The lowest BCUT2D eigenvalue weighted by Gasteiger charge is -2.44. The first-order valence-corrected chi connectivity index (χ1v) is 14.1. The van der Waals surface area contributed by atoms with Crippen molar-refractivity contribution in [1.82, 2.24) is 16.0 Å². The number of halogens is 1. The van der Waals surface area contributed by atoms with Crippen LogP contribution in [0.15, 0.2) is 0 Å². The zero-order valence-electron chi connectivity index (χ0n) is 20.4. The molecule has 2 rings (SSSR count). The maximum absolute atomic E-state index is 13.1. The summed E-state index contributed by atoms with van der Waals surface area (Å²) in [5.74, 6) is 0.209. The Morgan fingerprint density at radius 2 is 1.91 bits per heavy atom. The van der Waals surface area contributed by atoms with Crippen LogP contribution in [0.25, 0.3) is 0 Å². The molecule has 0 aromatic carbocycles. The molecular weight excluding hydrogens is 482 g/mol. The molecule has 6 N–H and O–H groups in total. The molecule has 0 aromatic rings. The minimum Gasteiger partial charge on any atom is -0.388 e. The largest absolute Gasteiger partial charge is 0.388 e. The summed E-state index contributed by atoms with van der Waals surface area (Å²) in [6.45, 7) is 5.17. The van der Waals surface area contributed by atoms with Gasteiger partial charge in [0, 0.05) is 13.0 Å². The van der Waals surface area contributed by atoms with Gasteiger partial charge in [0.05, 0.1) is 17.5 Å². The lowest BCUT2D eigenvalue weighted by Crippen LogP contribution is -2.65. The average Bonchev–Trinajstić information content (AvgIpc) is 3.06. The van der Waals surface area contributed by atoms with Crippen molar-refractivity contribution in [2.75, 3.05) is 19.3 Å². The van der Waals surface area contributed by atoms with Crippen LogP contribution in [0.3, 0.4) is 0 Å². The molecule has 9 nitrogen and oxygen atoms in total. The number of hydrogen-bond acceptors (Lipinski definition) is 8. The molecule has 0 radical (unpaired) electrons. The highest BCUT2D eigenvalue weighted by Gasteiger charge is 2.48. The normalized spacial score (nSPS) is 34.0. The highest BCUT2D eigenvalue weighted by molar-refractivity contribution is 7.99. The van der Waals surface area contributed by atoms with Crippen LogP contribution in [-0.2, 0) is 14.3 Å². The molecule has 2 aliphatic heterocycles. The highest BCUT2D eigenvalue weighted by atomic mass is 35.5. The molecule has 2 saturated heterocycles. The Labute approximate surface area is 212 Å². The zero-order chi connectivity index (χ0) is 25.3. The van der Waals surface area contributed by atoms with Gasteiger partial charge in [-0.2, -0.15) is 0 Å². The summed E-state index contributed by atoms with van der Waals surface area (Å²) in [5.41, 5.74) is -0.742. The predicted molar refractivity (Wildman–Crippen MR) is 134 cm³/mol. The second-order valence-corrected chi connectivity index (χ2v) is 11.0. The lowest BCUT2D eigenvalue weighted by atomic mass is 9.92. The topological polar surface area (TPSA) is 140 Å². The molecular formula is C23H42ClN3O6S. The van der Waals surface area contributed by atoms with Gasteiger partial charge < -0.3 is 36.0 Å². The molecule has 0 bridgehead atoms. The van der Waals surface area contributed by atoms with Gasteiger partial charge in [0.2, 0.25) is 11.8 Å². The molecule has 2 amide bonds. The Morgan fingerprint density at radius 3 is 2.56 bits per heavy atom. The van der Waals surface area contributed by atoms with E-state index in [1.165, 1.54) is 11.8 Å². The lowest BCUT2D eigenvalue weighted by molar-refractivity contribution is -0.205. The van der Waals surface area contributed by atoms with E-state index in [0.29, 0.717) is 25.3 Å². The van der Waals surface area contributed by atoms with Crippen molar-refractivity contribution in [3.05, 3.63) is 0 Å². The molecule has 0 aromatic heterocycles. The Balaban J connectivity index is 1.90. The molecule has 9 atom stereocenters. The van der Waals surface area contributed by atoms with E-state index in [1.54, 1.807) is 13.2 Å². The van der Waals surface area contributed by atoms with Gasteiger partial charge in [-0.3, -0.25) is 9.59 Å². The molecule has 2 heterocycles. The van der Waals surface area contributed by atoms with Gasteiger partial charge in [-0.25, -0.2) is 0 Å². The number of alkyl halides is 1. The van der Waals surface area contributed by atoms with Crippen molar-refractivity contribution < 1.29 is 29.6 Å². The van der Waals surface area contributed by atoms with Crippen LogP contribution in [0.1, 0.15) is 58.8 Å². The number of rotatable bonds is 11. The van der Waals surface area contributed by atoms with Crippen molar-refractivity contribution in [1.29, 1.82) is 0 Å². The second kappa shape index (κ2) is 14.8. The fraction of sp³-hybridized carbons (Fsp3) is 0.913. The third kappa shape index (κ3) is 8.50. The number of carbonyl (C=O) groups excluding carboxylic acids is 2. The minimum absolute atomic E-state index is 0.0841. The van der Waals surface area contributed by atoms with E-state index in [0.717, 1.165) is 38.6 Å². The van der Waals surface area contributed by atoms with E-state index in [2.05, 4.69) is 22.9 Å². The van der Waals surface area contributed by atoms with Gasteiger partial charge in [-0.15, -0.1) is 23.4 Å². The number of aliphatic hydroxyl groups is 3. The van der Waals surface area contributed by atoms with E-state index in [9.17, 15) is 24.9 Å². The first-order valence-electron chi connectivity index (χ1n) is 12.4. The molecule has 0 saturated carbocycles. The SMILES string of the molecule is CCCCNC(=O)CC[C@@H]1CCN[C@H](C(=O)N[C@H]([C@H](C)Cl)[C@H]2OC(SC)[C@H](O)C(O)C2O)CC1. The first kappa shape index (κ1) is 29.6. The van der Waals surface area contributed by atoms with Gasteiger partial charge in [0.25, 0.3) is 0 Å². The predicted octanol–water partition coefficient (Wildman–Crippen LogP) is 0.724. The van der Waals surface area contributed by atoms with Crippen molar-refractivity contribution in [3.63, 3.8) is 0 Å². The zero-order valence-corrected chi connectivity index (χ0v) is 22.0. The van der Waals surface area contributed by atoms with Crippen molar-refractivity contribution >= 4 is 35.2 Å². The summed E-state index contributed by atoms with van der Waals surface area (Å²) >= 11 is 7.57. The third-order valence-electron chi connectivity index (χ3n) is 6.75. The number of thioether (sulfide) groups is 1. The highest BCUT2D eigenvalue weighted by Crippen LogP contribution is 2.30. The second-order valence-electron chi connectivity index (χ2n) is 9.37.